The zero-order valence-corrected chi connectivity index (χ0v) is 14.4. The van der Waals surface area contributed by atoms with Crippen LogP contribution in [0.2, 0.25) is 0 Å². The van der Waals surface area contributed by atoms with Crippen molar-refractivity contribution in [2.75, 3.05) is 0 Å². The Morgan fingerprint density at radius 2 is 1.95 bits per heavy atom. The van der Waals surface area contributed by atoms with Crippen molar-refractivity contribution < 1.29 is 8.42 Å². The van der Waals surface area contributed by atoms with Crippen LogP contribution in [0.1, 0.15) is 11.3 Å². The summed E-state index contributed by atoms with van der Waals surface area (Å²) in [5, 5.41) is 0.959. The summed E-state index contributed by atoms with van der Waals surface area (Å²) in [5.74, 6) is -0.0340. The van der Waals surface area contributed by atoms with Gasteiger partial charge < -0.3 is 0 Å². The fourth-order valence-corrected chi connectivity index (χ4v) is 5.62. The molecule has 0 atom stereocenters. The molecule has 0 saturated carbocycles. The Bertz CT molecular complexity index is 916. The molecule has 3 nitrogen and oxygen atoms in total. The highest BCUT2D eigenvalue weighted by atomic mass is 79.9. The van der Waals surface area contributed by atoms with Crippen molar-refractivity contribution in [1.29, 1.82) is 0 Å². The lowest BCUT2D eigenvalue weighted by atomic mass is 10.1. The summed E-state index contributed by atoms with van der Waals surface area (Å²) in [6.45, 7) is 1.90. The fourth-order valence-electron chi connectivity index (χ4n) is 2.16. The van der Waals surface area contributed by atoms with Gasteiger partial charge in [-0.25, -0.2) is 8.42 Å². The largest absolute Gasteiger partial charge is 0.253 e. The second-order valence-electron chi connectivity index (χ2n) is 4.76. The molecule has 0 aliphatic heterocycles. The van der Waals surface area contributed by atoms with Gasteiger partial charge in [0.2, 0.25) is 0 Å². The van der Waals surface area contributed by atoms with Crippen LogP contribution in [-0.2, 0) is 15.6 Å². The first-order chi connectivity index (χ1) is 9.95. The molecule has 0 bridgehead atoms. The Balaban J connectivity index is 2.08. The minimum atomic E-state index is -3.35. The van der Waals surface area contributed by atoms with E-state index in [1.54, 1.807) is 12.1 Å². The van der Waals surface area contributed by atoms with Crippen molar-refractivity contribution in [3.63, 3.8) is 0 Å². The molecule has 0 spiro atoms. The van der Waals surface area contributed by atoms with Crippen LogP contribution in [0.15, 0.2) is 50.5 Å². The van der Waals surface area contributed by atoms with Crippen molar-refractivity contribution in [2.24, 2.45) is 0 Å². The van der Waals surface area contributed by atoms with E-state index in [1.165, 1.54) is 11.3 Å². The lowest BCUT2D eigenvalue weighted by Gasteiger charge is -2.07. The molecule has 0 amide bonds. The monoisotopic (exact) mass is 381 g/mol. The molecule has 0 aliphatic carbocycles. The quantitative estimate of drug-likeness (QED) is 0.677. The molecule has 0 N–H and O–H groups in total. The summed E-state index contributed by atoms with van der Waals surface area (Å²) < 4.78 is 26.2. The second-order valence-corrected chi connectivity index (χ2v) is 9.44. The van der Waals surface area contributed by atoms with E-state index >= 15 is 0 Å². The van der Waals surface area contributed by atoms with Crippen molar-refractivity contribution in [2.45, 2.75) is 16.9 Å². The van der Waals surface area contributed by atoms with E-state index in [2.05, 4.69) is 20.9 Å². The van der Waals surface area contributed by atoms with Crippen molar-refractivity contribution in [1.82, 2.24) is 4.98 Å². The minimum absolute atomic E-state index is 0.0340. The Hall–Kier alpha value is -1.24. The van der Waals surface area contributed by atoms with Crippen LogP contribution in [0, 0.1) is 6.92 Å². The lowest BCUT2D eigenvalue weighted by Crippen LogP contribution is -2.04. The highest BCUT2D eigenvalue weighted by Gasteiger charge is 2.19. The van der Waals surface area contributed by atoms with Crippen LogP contribution in [0.3, 0.4) is 0 Å². The van der Waals surface area contributed by atoms with Crippen LogP contribution in [-0.4, -0.2) is 13.4 Å². The van der Waals surface area contributed by atoms with Crippen LogP contribution in [0.4, 0.5) is 0 Å². The number of hydrogen-bond acceptors (Lipinski definition) is 4. The van der Waals surface area contributed by atoms with E-state index < -0.39 is 9.84 Å². The van der Waals surface area contributed by atoms with E-state index in [1.807, 2.05) is 37.3 Å². The maximum atomic E-state index is 12.5. The first kappa shape index (κ1) is 14.7. The van der Waals surface area contributed by atoms with Gasteiger partial charge in [-0.3, -0.25) is 4.98 Å². The number of para-hydroxylation sites is 1. The first-order valence-corrected chi connectivity index (χ1v) is 9.55. The number of pyridine rings is 1. The third-order valence-corrected chi connectivity index (χ3v) is 7.01. The average molecular weight is 382 g/mol. The van der Waals surface area contributed by atoms with Gasteiger partial charge in [0.15, 0.2) is 9.84 Å². The van der Waals surface area contributed by atoms with Gasteiger partial charge in [-0.05, 0) is 46.6 Å². The molecule has 6 heteroatoms. The van der Waals surface area contributed by atoms with Gasteiger partial charge in [0.05, 0.1) is 15.1 Å². The maximum absolute atomic E-state index is 12.5. The van der Waals surface area contributed by atoms with Crippen molar-refractivity contribution in [3.8, 4) is 0 Å². The number of fused-ring (bicyclic) bond motifs is 1. The third kappa shape index (κ3) is 3.02. The number of rotatable bonds is 3. The molecule has 2 aromatic heterocycles. The minimum Gasteiger partial charge on any atom is -0.253 e. The highest BCUT2D eigenvalue weighted by Crippen LogP contribution is 2.29. The van der Waals surface area contributed by atoms with Crippen LogP contribution >= 0.6 is 27.3 Å². The standard InChI is InChI=1S/C15H12BrNO2S2/c1-10-5-6-11-3-2-4-12(15(11)17-10)9-21(18,19)14-8-7-13(16)20-14/h2-8H,9H2,1H3. The number of benzene rings is 1. The number of aromatic nitrogens is 1. The predicted octanol–water partition coefficient (Wildman–Crippen LogP) is 4.34. The van der Waals surface area contributed by atoms with E-state index in [-0.39, 0.29) is 5.75 Å². The lowest BCUT2D eigenvalue weighted by molar-refractivity contribution is 0.597. The number of hydrogen-bond donors (Lipinski definition) is 0. The van der Waals surface area contributed by atoms with Crippen molar-refractivity contribution >= 4 is 48.0 Å². The molecule has 3 rings (SSSR count). The Morgan fingerprint density at radius 3 is 2.67 bits per heavy atom. The average Bonchev–Trinajstić information content (AvgIpc) is 2.87. The Morgan fingerprint density at radius 1 is 1.14 bits per heavy atom. The van der Waals surface area contributed by atoms with Gasteiger partial charge in [0.1, 0.15) is 4.21 Å². The van der Waals surface area contributed by atoms with Gasteiger partial charge in [0, 0.05) is 11.1 Å². The molecular weight excluding hydrogens is 370 g/mol. The number of halogens is 1. The summed E-state index contributed by atoms with van der Waals surface area (Å²) >= 11 is 4.53. The molecule has 3 aromatic rings. The number of sulfone groups is 1. The maximum Gasteiger partial charge on any atom is 0.191 e. The van der Waals surface area contributed by atoms with Gasteiger partial charge >= 0.3 is 0 Å². The van der Waals surface area contributed by atoms with E-state index in [4.69, 9.17) is 0 Å². The summed E-state index contributed by atoms with van der Waals surface area (Å²) in [6, 6.07) is 12.9. The molecule has 2 heterocycles. The Kier molecular flexibility index (Phi) is 3.86. The molecule has 1 aromatic carbocycles. The van der Waals surface area contributed by atoms with Crippen LogP contribution in [0.25, 0.3) is 10.9 Å². The molecule has 21 heavy (non-hydrogen) atoms. The van der Waals surface area contributed by atoms with Gasteiger partial charge in [-0.2, -0.15) is 0 Å². The van der Waals surface area contributed by atoms with E-state index in [0.717, 1.165) is 25.9 Å². The zero-order chi connectivity index (χ0) is 15.0. The molecule has 0 fully saturated rings. The third-order valence-electron chi connectivity index (χ3n) is 3.14. The molecule has 0 radical (unpaired) electrons. The smallest absolute Gasteiger partial charge is 0.191 e. The van der Waals surface area contributed by atoms with Crippen LogP contribution in [0.5, 0.6) is 0 Å². The van der Waals surface area contributed by atoms with Gasteiger partial charge in [0.25, 0.3) is 0 Å². The Labute approximate surface area is 135 Å². The molecule has 0 saturated heterocycles. The molecule has 0 aliphatic rings. The molecule has 0 unspecified atom stereocenters. The number of thiophene rings is 1. The van der Waals surface area contributed by atoms with E-state index in [9.17, 15) is 8.42 Å². The van der Waals surface area contributed by atoms with Crippen molar-refractivity contribution in [3.05, 3.63) is 57.5 Å². The van der Waals surface area contributed by atoms with Gasteiger partial charge in [-0.1, -0.05) is 24.3 Å². The normalized spacial score (nSPS) is 11.9. The first-order valence-electron chi connectivity index (χ1n) is 6.29. The SMILES string of the molecule is Cc1ccc2cccc(CS(=O)(=O)c3ccc(Br)s3)c2n1. The summed E-state index contributed by atoms with van der Waals surface area (Å²) in [4.78, 5) is 4.49. The zero-order valence-electron chi connectivity index (χ0n) is 11.2. The highest BCUT2D eigenvalue weighted by molar-refractivity contribution is 9.11. The second kappa shape index (κ2) is 5.51. The van der Waals surface area contributed by atoms with E-state index in [0.29, 0.717) is 4.21 Å². The predicted molar refractivity (Wildman–Crippen MR) is 89.4 cm³/mol. The van der Waals surface area contributed by atoms with Gasteiger partial charge in [-0.15, -0.1) is 11.3 Å². The molecular formula is C15H12BrNO2S2. The summed E-state index contributed by atoms with van der Waals surface area (Å²) in [6.07, 6.45) is 0. The topological polar surface area (TPSA) is 47.0 Å². The number of nitrogens with zero attached hydrogens (tertiary/aromatic N) is 1. The van der Waals surface area contributed by atoms with Crippen LogP contribution < -0.4 is 0 Å². The fraction of sp³-hybridized carbons (Fsp3) is 0.133. The summed E-state index contributed by atoms with van der Waals surface area (Å²) in [7, 11) is -3.35. The summed E-state index contributed by atoms with van der Waals surface area (Å²) in [5.41, 5.74) is 2.38. The number of aryl methyl sites for hydroxylation is 1. The molecule has 108 valence electrons.